The van der Waals surface area contributed by atoms with Gasteiger partial charge >= 0.3 is 6.09 Å². The standard InChI is InChI=1S/C44H73NO15Si/c1-61(2,3)60-37-36-58-35-34-57-33-32-56-31-30-55-29-28-54-27-26-53-25-24-52-23-22-51-21-20-50-19-18-49-17-16-48-15-14-47-13-12-45-44(46)59-38-43-41-10-6-4-8-39(41)40-9-5-7-11-42(40)43/h4-11,43H,12-38H2,1-3H3,(H,45,46). The van der Waals surface area contributed by atoms with Crippen molar-refractivity contribution in [2.24, 2.45) is 0 Å². The summed E-state index contributed by atoms with van der Waals surface area (Å²) in [7, 11) is -1.46. The highest BCUT2D eigenvalue weighted by molar-refractivity contribution is 6.69. The van der Waals surface area contributed by atoms with Crippen LogP contribution in [0.2, 0.25) is 19.6 Å². The molecule has 0 fully saturated rings. The molecule has 0 unspecified atom stereocenters. The van der Waals surface area contributed by atoms with E-state index in [-0.39, 0.29) is 12.5 Å². The molecule has 61 heavy (non-hydrogen) atoms. The maximum Gasteiger partial charge on any atom is 0.407 e. The van der Waals surface area contributed by atoms with Crippen molar-refractivity contribution in [3.8, 4) is 11.1 Å². The van der Waals surface area contributed by atoms with E-state index in [2.05, 4.69) is 49.2 Å². The van der Waals surface area contributed by atoms with E-state index < -0.39 is 14.4 Å². The van der Waals surface area contributed by atoms with Gasteiger partial charge in [0, 0.05) is 12.5 Å². The Kier molecular flexibility index (Phi) is 31.0. The number of alkyl carbamates (subject to hydrolysis) is 1. The van der Waals surface area contributed by atoms with Gasteiger partial charge in [0.2, 0.25) is 0 Å². The number of amides is 1. The number of ether oxygens (including phenoxy) is 13. The second-order valence-electron chi connectivity index (χ2n) is 14.6. The number of fused-ring (bicyclic) bond motifs is 3. The van der Waals surface area contributed by atoms with Gasteiger partial charge < -0.3 is 71.3 Å². The van der Waals surface area contributed by atoms with Gasteiger partial charge in [0.25, 0.3) is 0 Å². The van der Waals surface area contributed by atoms with Crippen LogP contribution in [-0.4, -0.2) is 193 Å². The van der Waals surface area contributed by atoms with Crippen molar-refractivity contribution < 1.29 is 70.8 Å². The van der Waals surface area contributed by atoms with Crippen LogP contribution in [0.25, 0.3) is 11.1 Å². The third-order valence-corrected chi connectivity index (χ3v) is 9.78. The van der Waals surface area contributed by atoms with E-state index in [4.69, 9.17) is 66.0 Å². The zero-order valence-electron chi connectivity index (χ0n) is 36.9. The monoisotopic (exact) mass is 883 g/mol. The minimum atomic E-state index is -1.46. The van der Waals surface area contributed by atoms with Crippen LogP contribution in [0.4, 0.5) is 4.79 Å². The van der Waals surface area contributed by atoms with E-state index in [1.165, 1.54) is 22.3 Å². The van der Waals surface area contributed by atoms with Crippen molar-refractivity contribution in [1.82, 2.24) is 5.32 Å². The van der Waals surface area contributed by atoms with E-state index in [0.717, 1.165) is 0 Å². The lowest BCUT2D eigenvalue weighted by Crippen LogP contribution is -2.29. The summed E-state index contributed by atoms with van der Waals surface area (Å²) in [6.07, 6.45) is -0.453. The van der Waals surface area contributed by atoms with Crippen molar-refractivity contribution in [2.75, 3.05) is 178 Å². The first-order chi connectivity index (χ1) is 30.0. The van der Waals surface area contributed by atoms with Gasteiger partial charge in [0.05, 0.1) is 165 Å². The Bertz CT molecular complexity index is 1310. The predicted octanol–water partition coefficient (Wildman–Crippen LogP) is 4.58. The van der Waals surface area contributed by atoms with Gasteiger partial charge in [-0.15, -0.1) is 0 Å². The maximum atomic E-state index is 12.3. The highest BCUT2D eigenvalue weighted by Gasteiger charge is 2.29. The first-order valence-corrected chi connectivity index (χ1v) is 25.0. The molecule has 0 bridgehead atoms. The van der Waals surface area contributed by atoms with E-state index >= 15 is 0 Å². The molecule has 0 spiro atoms. The lowest BCUT2D eigenvalue weighted by atomic mass is 9.98. The normalized spacial score (nSPS) is 12.5. The van der Waals surface area contributed by atoms with E-state index in [0.29, 0.717) is 172 Å². The van der Waals surface area contributed by atoms with Crippen molar-refractivity contribution in [1.29, 1.82) is 0 Å². The minimum absolute atomic E-state index is 0.0346. The largest absolute Gasteiger partial charge is 0.449 e. The third-order valence-electron chi connectivity index (χ3n) is 8.71. The third kappa shape index (κ3) is 27.3. The fourth-order valence-electron chi connectivity index (χ4n) is 5.80. The molecule has 1 N–H and O–H groups in total. The molecular formula is C44H73NO15Si. The molecule has 1 amide bonds. The summed E-state index contributed by atoms with van der Waals surface area (Å²) in [6.45, 7) is 19.6. The van der Waals surface area contributed by atoms with Gasteiger partial charge in [-0.25, -0.2) is 4.79 Å². The van der Waals surface area contributed by atoms with Crippen LogP contribution >= 0.6 is 0 Å². The molecule has 16 nitrogen and oxygen atoms in total. The van der Waals surface area contributed by atoms with Gasteiger partial charge in [-0.3, -0.25) is 0 Å². The van der Waals surface area contributed by atoms with Gasteiger partial charge in [0.15, 0.2) is 8.32 Å². The van der Waals surface area contributed by atoms with Crippen LogP contribution in [-0.2, 0) is 66.0 Å². The number of nitrogens with one attached hydrogen (secondary N) is 1. The van der Waals surface area contributed by atoms with Gasteiger partial charge in [-0.05, 0) is 41.9 Å². The van der Waals surface area contributed by atoms with Crippen LogP contribution < -0.4 is 5.32 Å². The average Bonchev–Trinajstić information content (AvgIpc) is 3.58. The molecule has 1 aliphatic carbocycles. The lowest BCUT2D eigenvalue weighted by Gasteiger charge is -2.16. The fraction of sp³-hybridized carbons (Fsp3) is 0.705. The number of carbonyl (C=O) groups excluding carboxylic acids is 1. The molecule has 17 heteroatoms. The highest BCUT2D eigenvalue weighted by atomic mass is 28.4. The summed E-state index contributed by atoms with van der Waals surface area (Å²) in [6, 6.07) is 16.5. The Morgan fingerprint density at radius 1 is 0.426 bits per heavy atom. The van der Waals surface area contributed by atoms with Crippen LogP contribution in [0.1, 0.15) is 17.0 Å². The van der Waals surface area contributed by atoms with Gasteiger partial charge in [-0.1, -0.05) is 48.5 Å². The highest BCUT2D eigenvalue weighted by Crippen LogP contribution is 2.44. The second kappa shape index (κ2) is 35.8. The van der Waals surface area contributed by atoms with E-state index in [1.54, 1.807) is 0 Å². The quantitative estimate of drug-likeness (QED) is 0.0730. The summed E-state index contributed by atoms with van der Waals surface area (Å²) >= 11 is 0. The Morgan fingerprint density at radius 2 is 0.705 bits per heavy atom. The summed E-state index contributed by atoms with van der Waals surface area (Å²) in [4.78, 5) is 12.3. The molecule has 3 rings (SSSR count). The maximum absolute atomic E-state index is 12.3. The Morgan fingerprint density at radius 3 is 1.02 bits per heavy atom. The molecule has 2 aromatic rings. The van der Waals surface area contributed by atoms with Crippen LogP contribution in [0, 0.1) is 0 Å². The lowest BCUT2D eigenvalue weighted by molar-refractivity contribution is -0.0285. The van der Waals surface area contributed by atoms with Crippen molar-refractivity contribution in [2.45, 2.75) is 25.6 Å². The first-order valence-electron chi connectivity index (χ1n) is 21.6. The van der Waals surface area contributed by atoms with Crippen molar-refractivity contribution in [3.63, 3.8) is 0 Å². The summed E-state index contributed by atoms with van der Waals surface area (Å²) in [5.41, 5.74) is 4.77. The van der Waals surface area contributed by atoms with Gasteiger partial charge in [0.1, 0.15) is 6.61 Å². The molecule has 0 atom stereocenters. The molecule has 0 aromatic heterocycles. The van der Waals surface area contributed by atoms with E-state index in [1.807, 2.05) is 24.3 Å². The molecular weight excluding hydrogens is 811 g/mol. The Hall–Kier alpha value is -2.59. The fourth-order valence-corrected chi connectivity index (χ4v) is 6.50. The number of carbonyl (C=O) groups is 1. The number of hydrogen-bond donors (Lipinski definition) is 1. The molecule has 0 aliphatic heterocycles. The molecule has 0 heterocycles. The number of benzene rings is 2. The molecule has 1 aliphatic rings. The van der Waals surface area contributed by atoms with Crippen LogP contribution in [0.5, 0.6) is 0 Å². The predicted molar refractivity (Wildman–Crippen MR) is 232 cm³/mol. The zero-order chi connectivity index (χ0) is 43.3. The summed E-state index contributed by atoms with van der Waals surface area (Å²) in [5.74, 6) is 0.0346. The Balaban J connectivity index is 0.918. The second-order valence-corrected chi connectivity index (χ2v) is 19.1. The molecule has 2 aromatic carbocycles. The first kappa shape index (κ1) is 52.7. The zero-order valence-corrected chi connectivity index (χ0v) is 37.9. The minimum Gasteiger partial charge on any atom is -0.449 e. The van der Waals surface area contributed by atoms with Gasteiger partial charge in [-0.2, -0.15) is 0 Å². The van der Waals surface area contributed by atoms with Crippen LogP contribution in [0.3, 0.4) is 0 Å². The molecule has 348 valence electrons. The SMILES string of the molecule is C[Si](C)(C)OCCOCCOCCOCCOCCOCCOCCOCCOCCOCCOCCOCCOCCNC(=O)OCC1c2ccccc2-c2ccccc21. The van der Waals surface area contributed by atoms with Crippen LogP contribution in [0.15, 0.2) is 48.5 Å². The van der Waals surface area contributed by atoms with Crippen molar-refractivity contribution >= 4 is 14.4 Å². The average molecular weight is 884 g/mol. The number of rotatable bonds is 42. The summed E-state index contributed by atoms with van der Waals surface area (Å²) in [5, 5.41) is 2.75. The molecule has 0 saturated carbocycles. The topological polar surface area (TPSA) is 158 Å². The summed E-state index contributed by atoms with van der Waals surface area (Å²) < 4.78 is 77.4. The van der Waals surface area contributed by atoms with E-state index in [9.17, 15) is 4.79 Å². The molecule has 0 saturated heterocycles. The molecule has 0 radical (unpaired) electrons. The number of hydrogen-bond acceptors (Lipinski definition) is 15. The Labute approximate surface area is 364 Å². The van der Waals surface area contributed by atoms with Crippen molar-refractivity contribution in [3.05, 3.63) is 59.7 Å². The smallest absolute Gasteiger partial charge is 0.407 e.